The van der Waals surface area contributed by atoms with E-state index in [2.05, 4.69) is 4.90 Å². The summed E-state index contributed by atoms with van der Waals surface area (Å²) in [5.74, 6) is -0.447. The van der Waals surface area contributed by atoms with Gasteiger partial charge in [0, 0.05) is 19.1 Å². The molecule has 7 nitrogen and oxygen atoms in total. The van der Waals surface area contributed by atoms with Crippen molar-refractivity contribution in [3.05, 3.63) is 11.3 Å². The SMILES string of the molecule is CC(C)(C)OC(=O)N1CCC(C(C2=C(O)C(C)(C)C(=O)C(C)(C)C2=O)N2CCCCC2)CC1. The zero-order valence-corrected chi connectivity index (χ0v) is 21.5. The van der Waals surface area contributed by atoms with Crippen molar-refractivity contribution in [1.29, 1.82) is 0 Å². The van der Waals surface area contributed by atoms with E-state index in [4.69, 9.17) is 4.74 Å². The number of rotatable bonds is 3. The van der Waals surface area contributed by atoms with Crippen molar-refractivity contribution in [3.8, 4) is 0 Å². The summed E-state index contributed by atoms with van der Waals surface area (Å²) in [5, 5.41) is 11.3. The van der Waals surface area contributed by atoms with Gasteiger partial charge in [-0.05, 0) is 93.2 Å². The first kappa shape index (κ1) is 25.7. The van der Waals surface area contributed by atoms with E-state index < -0.39 is 16.4 Å². The molecular weight excluding hydrogens is 420 g/mol. The fourth-order valence-corrected chi connectivity index (χ4v) is 5.68. The van der Waals surface area contributed by atoms with Crippen LogP contribution in [0.2, 0.25) is 0 Å². The minimum absolute atomic E-state index is 0.0676. The second kappa shape index (κ2) is 9.05. The Bertz CT molecular complexity index is 822. The molecule has 0 aromatic carbocycles. The minimum atomic E-state index is -1.17. The van der Waals surface area contributed by atoms with Gasteiger partial charge in [0.05, 0.1) is 16.4 Å². The molecule has 33 heavy (non-hydrogen) atoms. The number of hydrogen-bond donors (Lipinski definition) is 1. The number of Topliss-reactive ketones (excluding diaryl/α,β-unsaturated/α-hetero) is 2. The fourth-order valence-electron chi connectivity index (χ4n) is 5.68. The number of nitrogens with zero attached hydrogens (tertiary/aromatic N) is 2. The van der Waals surface area contributed by atoms with Gasteiger partial charge in [0.2, 0.25) is 0 Å². The largest absolute Gasteiger partial charge is 0.511 e. The van der Waals surface area contributed by atoms with Gasteiger partial charge in [-0.3, -0.25) is 14.5 Å². The van der Waals surface area contributed by atoms with Gasteiger partial charge in [-0.1, -0.05) is 6.42 Å². The number of ether oxygens (including phenoxy) is 1. The van der Waals surface area contributed by atoms with Crippen LogP contribution in [-0.4, -0.2) is 70.4 Å². The van der Waals surface area contributed by atoms with Crippen LogP contribution in [0, 0.1) is 16.7 Å². The molecule has 1 amide bonds. The summed E-state index contributed by atoms with van der Waals surface area (Å²) in [7, 11) is 0. The molecule has 3 rings (SSSR count). The molecule has 2 aliphatic heterocycles. The Kier molecular flexibility index (Phi) is 7.05. The van der Waals surface area contributed by atoms with Gasteiger partial charge in [-0.15, -0.1) is 0 Å². The molecule has 1 aliphatic carbocycles. The van der Waals surface area contributed by atoms with Crippen LogP contribution in [0.15, 0.2) is 11.3 Å². The summed E-state index contributed by atoms with van der Waals surface area (Å²) < 4.78 is 5.54. The zero-order chi connectivity index (χ0) is 24.8. The fraction of sp³-hybridized carbons (Fsp3) is 0.808. The number of hydrogen-bond acceptors (Lipinski definition) is 6. The molecule has 2 fully saturated rings. The summed E-state index contributed by atoms with van der Waals surface area (Å²) in [6.45, 7) is 15.2. The van der Waals surface area contributed by atoms with Gasteiger partial charge >= 0.3 is 6.09 Å². The third-order valence-electron chi connectivity index (χ3n) is 7.51. The van der Waals surface area contributed by atoms with Crippen molar-refractivity contribution in [2.75, 3.05) is 26.2 Å². The van der Waals surface area contributed by atoms with Crippen LogP contribution < -0.4 is 0 Å². The number of piperidine rings is 2. The topological polar surface area (TPSA) is 87.1 Å². The third kappa shape index (κ3) is 4.98. The Labute approximate surface area is 198 Å². The number of aliphatic hydroxyl groups is 1. The standard InChI is InChI=1S/C26H42N2O5/c1-24(2,3)33-23(32)28-15-11-17(12-16-28)19(27-13-9-8-10-14-27)18-20(29)25(4,5)22(31)26(6,7)21(18)30/h17,19,29H,8-16H2,1-7H3. The Morgan fingerprint density at radius 1 is 0.970 bits per heavy atom. The minimum Gasteiger partial charge on any atom is -0.511 e. The average molecular weight is 463 g/mol. The average Bonchev–Trinajstić information content (AvgIpc) is 2.74. The highest BCUT2D eigenvalue weighted by Crippen LogP contribution is 2.46. The van der Waals surface area contributed by atoms with E-state index in [9.17, 15) is 19.5 Å². The molecule has 0 radical (unpaired) electrons. The van der Waals surface area contributed by atoms with Gasteiger partial charge < -0.3 is 14.7 Å². The smallest absolute Gasteiger partial charge is 0.410 e. The molecule has 0 aromatic heterocycles. The Balaban J connectivity index is 1.92. The summed E-state index contributed by atoms with van der Waals surface area (Å²) in [5.41, 5.74) is -2.39. The number of ketones is 2. The number of aliphatic hydroxyl groups excluding tert-OH is 1. The number of allylic oxidation sites excluding steroid dienone is 1. The molecule has 7 heteroatoms. The van der Waals surface area contributed by atoms with Crippen molar-refractivity contribution in [1.82, 2.24) is 9.80 Å². The molecule has 3 aliphatic rings. The normalized spacial score (nSPS) is 25.8. The van der Waals surface area contributed by atoms with Crippen LogP contribution in [0.4, 0.5) is 4.79 Å². The Morgan fingerprint density at radius 2 is 1.52 bits per heavy atom. The van der Waals surface area contributed by atoms with E-state index in [1.54, 1.807) is 32.6 Å². The maximum Gasteiger partial charge on any atom is 0.410 e. The Hall–Kier alpha value is -1.89. The van der Waals surface area contributed by atoms with Crippen molar-refractivity contribution in [3.63, 3.8) is 0 Å². The van der Waals surface area contributed by atoms with Crippen LogP contribution in [0.1, 0.15) is 80.6 Å². The predicted octanol–water partition coefficient (Wildman–Crippen LogP) is 4.50. The first-order chi connectivity index (χ1) is 15.2. The molecule has 0 aromatic rings. The molecule has 1 atom stereocenters. The number of carbonyl (C=O) groups is 3. The molecule has 1 N–H and O–H groups in total. The van der Waals surface area contributed by atoms with Crippen molar-refractivity contribution in [2.45, 2.75) is 92.2 Å². The molecule has 2 saturated heterocycles. The van der Waals surface area contributed by atoms with Gasteiger partial charge in [-0.2, -0.15) is 0 Å². The molecule has 1 unspecified atom stereocenters. The van der Waals surface area contributed by atoms with E-state index in [-0.39, 0.29) is 35.4 Å². The zero-order valence-electron chi connectivity index (χ0n) is 21.5. The van der Waals surface area contributed by atoms with Gasteiger partial charge in [0.15, 0.2) is 11.6 Å². The van der Waals surface area contributed by atoms with Crippen molar-refractivity contribution in [2.24, 2.45) is 16.7 Å². The van der Waals surface area contributed by atoms with Crippen LogP contribution in [0.25, 0.3) is 0 Å². The van der Waals surface area contributed by atoms with Crippen LogP contribution in [-0.2, 0) is 14.3 Å². The lowest BCUT2D eigenvalue weighted by atomic mass is 9.61. The summed E-state index contributed by atoms with van der Waals surface area (Å²) in [6, 6.07) is -0.245. The molecule has 0 saturated carbocycles. The monoisotopic (exact) mass is 462 g/mol. The number of amides is 1. The molecule has 186 valence electrons. The van der Waals surface area contributed by atoms with Crippen LogP contribution in [0.3, 0.4) is 0 Å². The van der Waals surface area contributed by atoms with E-state index in [1.807, 2.05) is 20.8 Å². The van der Waals surface area contributed by atoms with E-state index in [0.29, 0.717) is 18.7 Å². The van der Waals surface area contributed by atoms with Gasteiger partial charge in [0.1, 0.15) is 11.4 Å². The lowest BCUT2D eigenvalue weighted by molar-refractivity contribution is -0.145. The first-order valence-electron chi connectivity index (χ1n) is 12.4. The highest BCUT2D eigenvalue weighted by Gasteiger charge is 2.55. The summed E-state index contributed by atoms with van der Waals surface area (Å²) in [6.07, 6.45) is 4.41. The van der Waals surface area contributed by atoms with Crippen molar-refractivity contribution < 1.29 is 24.2 Å². The second-order valence-electron chi connectivity index (χ2n) is 12.0. The third-order valence-corrected chi connectivity index (χ3v) is 7.51. The molecule has 0 bridgehead atoms. The summed E-state index contributed by atoms with van der Waals surface area (Å²) in [4.78, 5) is 43.3. The lowest BCUT2D eigenvalue weighted by Crippen LogP contribution is -2.56. The molecular formula is C26H42N2O5. The highest BCUT2D eigenvalue weighted by molar-refractivity contribution is 6.19. The quantitative estimate of drug-likeness (QED) is 0.621. The van der Waals surface area contributed by atoms with Gasteiger partial charge in [0.25, 0.3) is 0 Å². The number of carbonyl (C=O) groups excluding carboxylic acids is 3. The van der Waals surface area contributed by atoms with E-state index in [1.165, 1.54) is 0 Å². The second-order valence-corrected chi connectivity index (χ2v) is 12.0. The number of likely N-dealkylation sites (tertiary alicyclic amines) is 2. The lowest BCUT2D eigenvalue weighted by Gasteiger charge is -2.47. The Morgan fingerprint density at radius 3 is 2.03 bits per heavy atom. The maximum absolute atomic E-state index is 13.7. The highest BCUT2D eigenvalue weighted by atomic mass is 16.6. The van der Waals surface area contributed by atoms with E-state index in [0.717, 1.165) is 45.2 Å². The van der Waals surface area contributed by atoms with Crippen LogP contribution in [0.5, 0.6) is 0 Å². The maximum atomic E-state index is 13.7. The summed E-state index contributed by atoms with van der Waals surface area (Å²) >= 11 is 0. The predicted molar refractivity (Wildman–Crippen MR) is 127 cm³/mol. The van der Waals surface area contributed by atoms with Gasteiger partial charge in [-0.25, -0.2) is 4.79 Å². The molecule has 0 spiro atoms. The van der Waals surface area contributed by atoms with Crippen LogP contribution >= 0.6 is 0 Å². The van der Waals surface area contributed by atoms with E-state index >= 15 is 0 Å². The molecule has 2 heterocycles. The first-order valence-corrected chi connectivity index (χ1v) is 12.4. The van der Waals surface area contributed by atoms with Crippen molar-refractivity contribution >= 4 is 17.7 Å².